The van der Waals surface area contributed by atoms with Crippen molar-refractivity contribution in [3.05, 3.63) is 95.5 Å². The molecular weight excluding hydrogens is 422 g/mol. The van der Waals surface area contributed by atoms with Gasteiger partial charge in [0.25, 0.3) is 5.91 Å². The van der Waals surface area contributed by atoms with Crippen molar-refractivity contribution < 1.29 is 14.3 Å². The van der Waals surface area contributed by atoms with E-state index in [0.29, 0.717) is 16.9 Å². The fourth-order valence-electron chi connectivity index (χ4n) is 3.05. The number of hydrogen-bond donors (Lipinski definition) is 2. The second-order valence-electron chi connectivity index (χ2n) is 6.99. The highest BCUT2D eigenvalue weighted by Gasteiger charge is 2.11. The smallest absolute Gasteiger partial charge is 0.255 e. The summed E-state index contributed by atoms with van der Waals surface area (Å²) >= 11 is 1.52. The molecular formula is C25H21N3O3S. The molecule has 2 N–H and O–H groups in total. The number of benzene rings is 3. The first kappa shape index (κ1) is 21.3. The lowest BCUT2D eigenvalue weighted by Crippen LogP contribution is -2.15. The van der Waals surface area contributed by atoms with E-state index >= 15 is 0 Å². The van der Waals surface area contributed by atoms with Crippen molar-refractivity contribution in [2.75, 3.05) is 17.7 Å². The number of methoxy groups -OCH3 is 1. The fraction of sp³-hybridized carbons (Fsp3) is 0.0800. The third-order valence-electron chi connectivity index (χ3n) is 4.69. The molecule has 0 aliphatic heterocycles. The normalized spacial score (nSPS) is 10.4. The van der Waals surface area contributed by atoms with Gasteiger partial charge in [0.1, 0.15) is 10.8 Å². The molecule has 160 valence electrons. The van der Waals surface area contributed by atoms with Gasteiger partial charge < -0.3 is 15.4 Å². The number of rotatable bonds is 7. The molecule has 0 unspecified atom stereocenters. The molecule has 0 aliphatic rings. The number of aromatic nitrogens is 1. The Hall–Kier alpha value is -3.97. The van der Waals surface area contributed by atoms with Crippen LogP contribution in [0.25, 0.3) is 10.6 Å². The van der Waals surface area contributed by atoms with Gasteiger partial charge in [-0.15, -0.1) is 11.3 Å². The second kappa shape index (κ2) is 9.89. The summed E-state index contributed by atoms with van der Waals surface area (Å²) in [6.45, 7) is 0. The van der Waals surface area contributed by atoms with E-state index in [1.54, 1.807) is 55.6 Å². The summed E-state index contributed by atoms with van der Waals surface area (Å²) in [6.07, 6.45) is 0.184. The van der Waals surface area contributed by atoms with E-state index in [9.17, 15) is 9.59 Å². The number of carbonyl (C=O) groups excluding carboxylic acids is 2. The molecule has 4 rings (SSSR count). The zero-order valence-corrected chi connectivity index (χ0v) is 18.2. The minimum atomic E-state index is -0.232. The van der Waals surface area contributed by atoms with Crippen LogP contribution in [0.1, 0.15) is 16.1 Å². The van der Waals surface area contributed by atoms with Crippen molar-refractivity contribution in [3.8, 4) is 16.3 Å². The highest BCUT2D eigenvalue weighted by Crippen LogP contribution is 2.23. The predicted molar refractivity (Wildman–Crippen MR) is 127 cm³/mol. The molecule has 2 amide bonds. The first-order valence-electron chi connectivity index (χ1n) is 9.96. The van der Waals surface area contributed by atoms with Gasteiger partial charge in [-0.05, 0) is 48.5 Å². The molecule has 0 saturated heterocycles. The van der Waals surface area contributed by atoms with E-state index in [2.05, 4.69) is 15.6 Å². The maximum Gasteiger partial charge on any atom is 0.255 e. The Morgan fingerprint density at radius 2 is 1.53 bits per heavy atom. The van der Waals surface area contributed by atoms with Gasteiger partial charge in [-0.1, -0.05) is 30.3 Å². The van der Waals surface area contributed by atoms with E-state index in [1.807, 2.05) is 35.7 Å². The molecule has 0 bridgehead atoms. The standard InChI is InChI=1S/C25H21N3O3S/c1-31-22-13-11-20(12-14-22)27-24(30)17-7-9-19(10-8-17)26-23(29)15-21-16-32-25(28-21)18-5-3-2-4-6-18/h2-14,16H,15H2,1H3,(H,26,29)(H,27,30). The van der Waals surface area contributed by atoms with E-state index in [-0.39, 0.29) is 18.2 Å². The molecule has 0 spiro atoms. The number of ether oxygens (including phenoxy) is 1. The van der Waals surface area contributed by atoms with Crippen LogP contribution in [0.2, 0.25) is 0 Å². The van der Waals surface area contributed by atoms with E-state index in [0.717, 1.165) is 22.0 Å². The zero-order chi connectivity index (χ0) is 22.3. The average Bonchev–Trinajstić information content (AvgIpc) is 3.29. The fourth-order valence-corrected chi connectivity index (χ4v) is 3.88. The molecule has 1 aromatic heterocycles. The second-order valence-corrected chi connectivity index (χ2v) is 7.85. The number of anilines is 2. The van der Waals surface area contributed by atoms with Gasteiger partial charge in [-0.2, -0.15) is 0 Å². The van der Waals surface area contributed by atoms with Crippen molar-refractivity contribution in [1.82, 2.24) is 4.98 Å². The number of hydrogen-bond acceptors (Lipinski definition) is 5. The summed E-state index contributed by atoms with van der Waals surface area (Å²) in [6, 6.07) is 23.7. The number of carbonyl (C=O) groups is 2. The highest BCUT2D eigenvalue weighted by molar-refractivity contribution is 7.13. The van der Waals surface area contributed by atoms with Crippen molar-refractivity contribution >= 4 is 34.5 Å². The lowest BCUT2D eigenvalue weighted by Gasteiger charge is -2.08. The average molecular weight is 444 g/mol. The van der Waals surface area contributed by atoms with Gasteiger partial charge in [0.2, 0.25) is 5.91 Å². The highest BCUT2D eigenvalue weighted by atomic mass is 32.1. The summed E-state index contributed by atoms with van der Waals surface area (Å²) in [5.41, 5.74) is 3.54. The minimum absolute atomic E-state index is 0.162. The summed E-state index contributed by atoms with van der Waals surface area (Å²) in [4.78, 5) is 29.4. The van der Waals surface area contributed by atoms with Gasteiger partial charge in [0.15, 0.2) is 0 Å². The van der Waals surface area contributed by atoms with Crippen LogP contribution in [-0.2, 0) is 11.2 Å². The van der Waals surface area contributed by atoms with E-state index in [4.69, 9.17) is 4.74 Å². The first-order chi connectivity index (χ1) is 15.6. The number of thiazole rings is 1. The van der Waals surface area contributed by atoms with Crippen LogP contribution in [0.3, 0.4) is 0 Å². The Bertz CT molecular complexity index is 1200. The monoisotopic (exact) mass is 443 g/mol. The molecule has 32 heavy (non-hydrogen) atoms. The van der Waals surface area contributed by atoms with Crippen LogP contribution in [0.4, 0.5) is 11.4 Å². The van der Waals surface area contributed by atoms with Gasteiger partial charge in [-0.25, -0.2) is 4.98 Å². The van der Waals surface area contributed by atoms with Crippen LogP contribution in [0, 0.1) is 0 Å². The molecule has 6 nitrogen and oxygen atoms in total. The quantitative estimate of drug-likeness (QED) is 0.409. The molecule has 4 aromatic rings. The van der Waals surface area contributed by atoms with Crippen LogP contribution in [0.15, 0.2) is 84.2 Å². The first-order valence-corrected chi connectivity index (χ1v) is 10.8. The maximum absolute atomic E-state index is 12.4. The van der Waals surface area contributed by atoms with Crippen molar-refractivity contribution in [1.29, 1.82) is 0 Å². The van der Waals surface area contributed by atoms with Crippen LogP contribution in [0.5, 0.6) is 5.75 Å². The topological polar surface area (TPSA) is 80.3 Å². The third kappa shape index (κ3) is 5.39. The van der Waals surface area contributed by atoms with Crippen molar-refractivity contribution in [3.63, 3.8) is 0 Å². The lowest BCUT2D eigenvalue weighted by atomic mass is 10.2. The lowest BCUT2D eigenvalue weighted by molar-refractivity contribution is -0.115. The van der Waals surface area contributed by atoms with Gasteiger partial charge in [0.05, 0.1) is 19.2 Å². The Kier molecular flexibility index (Phi) is 6.57. The summed E-state index contributed by atoms with van der Waals surface area (Å²) in [5.74, 6) is 0.325. The molecule has 7 heteroatoms. The number of nitrogens with one attached hydrogen (secondary N) is 2. The SMILES string of the molecule is COc1ccc(NC(=O)c2ccc(NC(=O)Cc3csc(-c4ccccc4)n3)cc2)cc1. The van der Waals surface area contributed by atoms with Crippen LogP contribution >= 0.6 is 11.3 Å². The van der Waals surface area contributed by atoms with Gasteiger partial charge in [-0.3, -0.25) is 9.59 Å². The maximum atomic E-state index is 12.4. The summed E-state index contributed by atoms with van der Waals surface area (Å²) < 4.78 is 5.11. The Morgan fingerprint density at radius 3 is 2.22 bits per heavy atom. The number of nitrogens with zero attached hydrogens (tertiary/aromatic N) is 1. The van der Waals surface area contributed by atoms with E-state index < -0.39 is 0 Å². The molecule has 0 fully saturated rings. The summed E-state index contributed by atoms with van der Waals surface area (Å²) in [5, 5.41) is 8.46. The Morgan fingerprint density at radius 1 is 0.875 bits per heavy atom. The molecule has 0 radical (unpaired) electrons. The van der Waals surface area contributed by atoms with Gasteiger partial charge >= 0.3 is 0 Å². The molecule has 3 aromatic carbocycles. The molecule has 0 aliphatic carbocycles. The van der Waals surface area contributed by atoms with E-state index in [1.165, 1.54) is 11.3 Å². The zero-order valence-electron chi connectivity index (χ0n) is 17.4. The van der Waals surface area contributed by atoms with Crippen molar-refractivity contribution in [2.45, 2.75) is 6.42 Å². The largest absolute Gasteiger partial charge is 0.497 e. The Labute approximate surface area is 189 Å². The molecule has 0 saturated carbocycles. The van der Waals surface area contributed by atoms with Crippen LogP contribution < -0.4 is 15.4 Å². The molecule has 0 atom stereocenters. The number of amides is 2. The summed E-state index contributed by atoms with van der Waals surface area (Å²) in [7, 11) is 1.59. The van der Waals surface area contributed by atoms with Crippen LogP contribution in [-0.4, -0.2) is 23.9 Å². The van der Waals surface area contributed by atoms with Crippen molar-refractivity contribution in [2.24, 2.45) is 0 Å². The predicted octanol–water partition coefficient (Wildman–Crippen LogP) is 5.25. The van der Waals surface area contributed by atoms with Gasteiger partial charge in [0, 0.05) is 27.9 Å². The molecule has 1 heterocycles. The minimum Gasteiger partial charge on any atom is -0.497 e. The third-order valence-corrected chi connectivity index (χ3v) is 5.63. The Balaban J connectivity index is 1.32.